The summed E-state index contributed by atoms with van der Waals surface area (Å²) in [6, 6.07) is 2.15. The van der Waals surface area contributed by atoms with Gasteiger partial charge in [0.25, 0.3) is 0 Å². The molecule has 1 aliphatic rings. The molecule has 1 saturated heterocycles. The number of nitrogens with zero attached hydrogens (tertiary/aromatic N) is 1. The van der Waals surface area contributed by atoms with Gasteiger partial charge in [-0.25, -0.2) is 0 Å². The van der Waals surface area contributed by atoms with Crippen LogP contribution in [-0.2, 0) is 6.42 Å². The number of piperazine rings is 1. The normalized spacial score (nSPS) is 17.8. The van der Waals surface area contributed by atoms with Gasteiger partial charge in [0.1, 0.15) is 0 Å². The molecule has 0 aliphatic carbocycles. The van der Waals surface area contributed by atoms with E-state index in [4.69, 9.17) is 0 Å². The highest BCUT2D eigenvalue weighted by Crippen LogP contribution is 2.18. The number of aromatic amines is 1. The third kappa shape index (κ3) is 4.64. The maximum Gasteiger partial charge on any atom is 0.0166 e. The highest BCUT2D eigenvalue weighted by Gasteiger charge is 2.26. The first-order valence-electron chi connectivity index (χ1n) is 7.47. The summed E-state index contributed by atoms with van der Waals surface area (Å²) < 4.78 is 0. The van der Waals surface area contributed by atoms with Crippen LogP contribution in [0.15, 0.2) is 18.5 Å². The van der Waals surface area contributed by atoms with Crippen molar-refractivity contribution in [2.24, 2.45) is 0 Å². The minimum absolute atomic E-state index is 0.309. The van der Waals surface area contributed by atoms with E-state index in [1.54, 1.807) is 0 Å². The van der Waals surface area contributed by atoms with Crippen molar-refractivity contribution in [1.29, 1.82) is 0 Å². The van der Waals surface area contributed by atoms with E-state index in [9.17, 15) is 0 Å². The Morgan fingerprint density at radius 2 is 2.05 bits per heavy atom. The largest absolute Gasteiger partial charge is 0.367 e. The standard InChI is InChI=1S/C15H28N4/c1-15(2,19-11-9-17-10-12-19)5-8-16-6-3-14-4-7-18-13-14/h4,7,13,16-18H,3,5-6,8-12H2,1-2H3. The number of hydrogen-bond acceptors (Lipinski definition) is 3. The minimum atomic E-state index is 0.309. The SMILES string of the molecule is CC(C)(CCNCCc1cc[nH]c1)N1CCNCC1. The minimum Gasteiger partial charge on any atom is -0.367 e. The van der Waals surface area contributed by atoms with E-state index in [0.29, 0.717) is 5.54 Å². The average Bonchev–Trinajstić information content (AvgIpc) is 2.92. The van der Waals surface area contributed by atoms with Gasteiger partial charge in [-0.1, -0.05) is 0 Å². The third-order valence-corrected chi connectivity index (χ3v) is 4.14. The molecule has 0 atom stereocenters. The molecule has 0 spiro atoms. The summed E-state index contributed by atoms with van der Waals surface area (Å²) in [5, 5.41) is 6.98. The Morgan fingerprint density at radius 3 is 2.74 bits per heavy atom. The lowest BCUT2D eigenvalue weighted by Crippen LogP contribution is -2.54. The van der Waals surface area contributed by atoms with Gasteiger partial charge in [-0.2, -0.15) is 0 Å². The molecule has 1 aliphatic heterocycles. The summed E-state index contributed by atoms with van der Waals surface area (Å²) in [5.74, 6) is 0. The Bertz CT molecular complexity index is 339. The van der Waals surface area contributed by atoms with Gasteiger partial charge in [-0.05, 0) is 51.4 Å². The third-order valence-electron chi connectivity index (χ3n) is 4.14. The molecule has 1 aromatic heterocycles. The Labute approximate surface area is 117 Å². The second kappa shape index (κ2) is 7.08. The molecule has 4 nitrogen and oxygen atoms in total. The zero-order valence-electron chi connectivity index (χ0n) is 12.3. The van der Waals surface area contributed by atoms with Crippen molar-refractivity contribution in [1.82, 2.24) is 20.5 Å². The molecule has 2 rings (SSSR count). The summed E-state index contributed by atoms with van der Waals surface area (Å²) in [6.07, 6.45) is 6.38. The second-order valence-electron chi connectivity index (χ2n) is 6.02. The van der Waals surface area contributed by atoms with Crippen LogP contribution in [0.4, 0.5) is 0 Å². The molecule has 1 aromatic rings. The van der Waals surface area contributed by atoms with Crippen LogP contribution < -0.4 is 10.6 Å². The van der Waals surface area contributed by atoms with Crippen LogP contribution in [0.2, 0.25) is 0 Å². The fourth-order valence-electron chi connectivity index (χ4n) is 2.69. The van der Waals surface area contributed by atoms with E-state index in [0.717, 1.165) is 32.6 Å². The Morgan fingerprint density at radius 1 is 1.26 bits per heavy atom. The predicted molar refractivity (Wildman–Crippen MR) is 80.5 cm³/mol. The summed E-state index contributed by atoms with van der Waals surface area (Å²) in [4.78, 5) is 5.71. The summed E-state index contributed by atoms with van der Waals surface area (Å²) in [7, 11) is 0. The summed E-state index contributed by atoms with van der Waals surface area (Å²) >= 11 is 0. The molecule has 4 heteroatoms. The van der Waals surface area contributed by atoms with Crippen molar-refractivity contribution < 1.29 is 0 Å². The van der Waals surface area contributed by atoms with Crippen molar-refractivity contribution >= 4 is 0 Å². The summed E-state index contributed by atoms with van der Waals surface area (Å²) in [6.45, 7) is 11.5. The van der Waals surface area contributed by atoms with Gasteiger partial charge >= 0.3 is 0 Å². The number of rotatable bonds is 7. The molecule has 1 fully saturated rings. The maximum absolute atomic E-state index is 3.56. The first-order valence-corrected chi connectivity index (χ1v) is 7.47. The molecule has 0 amide bonds. The first kappa shape index (κ1) is 14.6. The van der Waals surface area contributed by atoms with Crippen LogP contribution in [0.25, 0.3) is 0 Å². The number of aromatic nitrogens is 1. The molecule has 0 radical (unpaired) electrons. The molecule has 0 aromatic carbocycles. The van der Waals surface area contributed by atoms with Crippen molar-refractivity contribution in [2.75, 3.05) is 39.3 Å². The quantitative estimate of drug-likeness (QED) is 0.649. The van der Waals surface area contributed by atoms with Gasteiger partial charge in [0, 0.05) is 44.1 Å². The Kier molecular flexibility index (Phi) is 5.43. The van der Waals surface area contributed by atoms with Crippen LogP contribution in [0.3, 0.4) is 0 Å². The number of H-pyrrole nitrogens is 1. The van der Waals surface area contributed by atoms with Crippen molar-refractivity contribution in [3.05, 3.63) is 24.0 Å². The topological polar surface area (TPSA) is 43.1 Å². The predicted octanol–water partition coefficient (Wildman–Crippen LogP) is 1.22. The van der Waals surface area contributed by atoms with Crippen molar-refractivity contribution in [2.45, 2.75) is 32.2 Å². The van der Waals surface area contributed by atoms with Gasteiger partial charge in [-0.15, -0.1) is 0 Å². The maximum atomic E-state index is 3.56. The Hall–Kier alpha value is -0.840. The van der Waals surface area contributed by atoms with Gasteiger partial charge in [-0.3, -0.25) is 4.90 Å². The molecule has 3 N–H and O–H groups in total. The fraction of sp³-hybridized carbons (Fsp3) is 0.733. The monoisotopic (exact) mass is 264 g/mol. The molecule has 19 heavy (non-hydrogen) atoms. The highest BCUT2D eigenvalue weighted by atomic mass is 15.2. The van der Waals surface area contributed by atoms with Crippen molar-refractivity contribution in [3.63, 3.8) is 0 Å². The average molecular weight is 264 g/mol. The molecule has 0 bridgehead atoms. The smallest absolute Gasteiger partial charge is 0.0166 e. The van der Waals surface area contributed by atoms with Gasteiger partial charge < -0.3 is 15.6 Å². The lowest BCUT2D eigenvalue weighted by Gasteiger charge is -2.41. The lowest BCUT2D eigenvalue weighted by molar-refractivity contribution is 0.0957. The fourth-order valence-corrected chi connectivity index (χ4v) is 2.69. The van der Waals surface area contributed by atoms with Crippen LogP contribution in [-0.4, -0.2) is 54.7 Å². The van der Waals surface area contributed by atoms with Crippen LogP contribution in [0, 0.1) is 0 Å². The molecule has 2 heterocycles. The number of hydrogen-bond donors (Lipinski definition) is 3. The van der Waals surface area contributed by atoms with Gasteiger partial charge in [0.2, 0.25) is 0 Å². The lowest BCUT2D eigenvalue weighted by atomic mass is 9.97. The highest BCUT2D eigenvalue weighted by molar-refractivity contribution is 5.08. The molecule has 108 valence electrons. The first-order chi connectivity index (χ1) is 9.18. The van der Waals surface area contributed by atoms with Gasteiger partial charge in [0.05, 0.1) is 0 Å². The number of nitrogens with one attached hydrogen (secondary N) is 3. The van der Waals surface area contributed by atoms with Crippen molar-refractivity contribution in [3.8, 4) is 0 Å². The van der Waals surface area contributed by atoms with E-state index in [1.807, 2.05) is 6.20 Å². The van der Waals surface area contributed by atoms with E-state index in [2.05, 4.69) is 46.6 Å². The molecule has 0 unspecified atom stereocenters. The van der Waals surface area contributed by atoms with Crippen LogP contribution in [0.1, 0.15) is 25.8 Å². The van der Waals surface area contributed by atoms with Crippen LogP contribution in [0.5, 0.6) is 0 Å². The summed E-state index contributed by atoms with van der Waals surface area (Å²) in [5.41, 5.74) is 1.69. The van der Waals surface area contributed by atoms with Gasteiger partial charge in [0.15, 0.2) is 0 Å². The van der Waals surface area contributed by atoms with E-state index < -0.39 is 0 Å². The zero-order valence-corrected chi connectivity index (χ0v) is 12.3. The van der Waals surface area contributed by atoms with E-state index >= 15 is 0 Å². The Balaban J connectivity index is 1.61. The van der Waals surface area contributed by atoms with E-state index in [-0.39, 0.29) is 0 Å². The molecular weight excluding hydrogens is 236 g/mol. The zero-order chi connectivity index (χ0) is 13.6. The molecule has 0 saturated carbocycles. The van der Waals surface area contributed by atoms with Crippen LogP contribution >= 0.6 is 0 Å². The second-order valence-corrected chi connectivity index (χ2v) is 6.02. The van der Waals surface area contributed by atoms with E-state index in [1.165, 1.54) is 25.1 Å². The molecular formula is C15H28N4.